The second-order valence-electron chi connectivity index (χ2n) is 8.30. The lowest BCUT2D eigenvalue weighted by atomic mass is 10.1. The second kappa shape index (κ2) is 12.2. The number of carbonyl (C=O) groups is 1. The predicted octanol–water partition coefficient (Wildman–Crippen LogP) is 3.99. The zero-order chi connectivity index (χ0) is 26.4. The van der Waals surface area contributed by atoms with E-state index in [1.54, 1.807) is 0 Å². The predicted molar refractivity (Wildman–Crippen MR) is 141 cm³/mol. The van der Waals surface area contributed by atoms with E-state index in [1.807, 2.05) is 25.1 Å². The first-order valence-electron chi connectivity index (χ1n) is 12.0. The minimum absolute atomic E-state index is 0.0942. The van der Waals surface area contributed by atoms with E-state index < -0.39 is 10.8 Å². The minimum atomic E-state index is -0.589. The maximum atomic E-state index is 13.9. The molecule has 1 aromatic heterocycles. The number of aromatic nitrogens is 1. The maximum Gasteiger partial charge on any atom is 0.286 e. The van der Waals surface area contributed by atoms with Crippen molar-refractivity contribution in [2.45, 2.75) is 13.3 Å². The highest BCUT2D eigenvalue weighted by Gasteiger charge is 2.30. The molecule has 1 aliphatic heterocycles. The molecule has 2 heterocycles. The number of fused-ring (bicyclic) bond motifs is 1. The minimum Gasteiger partial charge on any atom is -0.494 e. The van der Waals surface area contributed by atoms with E-state index in [1.165, 1.54) is 42.6 Å². The number of nitrogens with zero attached hydrogens (tertiary/aromatic N) is 4. The topological polar surface area (TPSA) is 116 Å². The van der Waals surface area contributed by atoms with Gasteiger partial charge in [-0.25, -0.2) is 4.98 Å². The van der Waals surface area contributed by atoms with Gasteiger partial charge >= 0.3 is 0 Å². The van der Waals surface area contributed by atoms with E-state index >= 15 is 0 Å². The number of thiazole rings is 1. The number of methoxy groups -OCH3 is 2. The molecule has 37 heavy (non-hydrogen) atoms. The van der Waals surface area contributed by atoms with E-state index in [0.29, 0.717) is 43.7 Å². The number of benzene rings is 2. The molecule has 4 rings (SSSR count). The molecule has 0 spiro atoms. The highest BCUT2D eigenvalue weighted by atomic mass is 32.1. The van der Waals surface area contributed by atoms with Gasteiger partial charge in [-0.3, -0.25) is 24.7 Å². The zero-order valence-electron chi connectivity index (χ0n) is 21.1. The van der Waals surface area contributed by atoms with Gasteiger partial charge in [0.25, 0.3) is 11.6 Å². The summed E-state index contributed by atoms with van der Waals surface area (Å²) in [5, 5.41) is 12.4. The molecule has 0 radical (unpaired) electrons. The zero-order valence-corrected chi connectivity index (χ0v) is 21.9. The third-order valence-electron chi connectivity index (χ3n) is 6.02. The van der Waals surface area contributed by atoms with Crippen molar-refractivity contribution in [2.24, 2.45) is 0 Å². The average molecular weight is 531 g/mol. The van der Waals surface area contributed by atoms with E-state index in [0.717, 1.165) is 29.9 Å². The Morgan fingerprint density at radius 1 is 1.19 bits per heavy atom. The first kappa shape index (κ1) is 26.6. The lowest BCUT2D eigenvalue weighted by Crippen LogP contribution is -2.39. The van der Waals surface area contributed by atoms with E-state index in [2.05, 4.69) is 9.88 Å². The van der Waals surface area contributed by atoms with E-state index in [9.17, 15) is 14.9 Å². The summed E-state index contributed by atoms with van der Waals surface area (Å²) in [7, 11) is 2.81. The SMILES string of the molecule is CCOc1ccc2nc(N(CCCN3CCOCC3)C(=O)c3cc(OC)c(OC)cc3[N+](=O)[O-])sc2c1. The van der Waals surface area contributed by atoms with Crippen molar-refractivity contribution in [3.05, 3.63) is 46.0 Å². The van der Waals surface area contributed by atoms with Gasteiger partial charge in [0.1, 0.15) is 11.3 Å². The molecule has 1 amide bonds. The molecule has 0 aliphatic carbocycles. The van der Waals surface area contributed by atoms with Crippen LogP contribution >= 0.6 is 11.3 Å². The van der Waals surface area contributed by atoms with Crippen LogP contribution in [0.25, 0.3) is 10.2 Å². The van der Waals surface area contributed by atoms with E-state index in [4.69, 9.17) is 18.9 Å². The van der Waals surface area contributed by atoms with Crippen molar-refractivity contribution in [1.29, 1.82) is 0 Å². The van der Waals surface area contributed by atoms with Crippen molar-refractivity contribution in [1.82, 2.24) is 9.88 Å². The Morgan fingerprint density at radius 3 is 2.59 bits per heavy atom. The number of morpholine rings is 1. The Bertz CT molecular complexity index is 1260. The molecular formula is C25H30N4O7S. The summed E-state index contributed by atoms with van der Waals surface area (Å²) in [6, 6.07) is 8.13. The standard InChI is InChI=1S/C25H30N4O7S/c1-4-36-17-6-7-19-23(14-17)37-25(26-19)28(9-5-8-27-10-12-35-13-11-27)24(30)18-15-21(33-2)22(34-3)16-20(18)29(31)32/h6-7,14-16H,4-5,8-13H2,1-3H3. The fourth-order valence-electron chi connectivity index (χ4n) is 4.16. The lowest BCUT2D eigenvalue weighted by molar-refractivity contribution is -0.385. The molecule has 1 fully saturated rings. The summed E-state index contributed by atoms with van der Waals surface area (Å²) >= 11 is 1.34. The second-order valence-corrected chi connectivity index (χ2v) is 9.31. The number of hydrogen-bond acceptors (Lipinski definition) is 10. The fraction of sp³-hybridized carbons (Fsp3) is 0.440. The Balaban J connectivity index is 1.70. The molecule has 3 aromatic rings. The largest absolute Gasteiger partial charge is 0.494 e. The number of amides is 1. The van der Waals surface area contributed by atoms with Crippen LogP contribution in [0.5, 0.6) is 17.2 Å². The number of ether oxygens (including phenoxy) is 4. The van der Waals surface area contributed by atoms with Gasteiger partial charge < -0.3 is 18.9 Å². The number of hydrogen-bond donors (Lipinski definition) is 0. The third kappa shape index (κ3) is 6.09. The van der Waals surface area contributed by atoms with Gasteiger partial charge in [0.05, 0.1) is 55.2 Å². The van der Waals surface area contributed by atoms with Gasteiger partial charge in [0, 0.05) is 32.2 Å². The van der Waals surface area contributed by atoms with Crippen molar-refractivity contribution >= 4 is 38.3 Å². The van der Waals surface area contributed by atoms with Crippen LogP contribution in [0, 0.1) is 10.1 Å². The Labute approximate surface area is 218 Å². The van der Waals surface area contributed by atoms with Gasteiger partial charge in [-0.2, -0.15) is 0 Å². The van der Waals surface area contributed by atoms with Crippen molar-refractivity contribution in [3.8, 4) is 17.2 Å². The normalized spacial score (nSPS) is 13.9. The van der Waals surface area contributed by atoms with Crippen LogP contribution < -0.4 is 19.1 Å². The number of carbonyl (C=O) groups excluding carboxylic acids is 1. The van der Waals surface area contributed by atoms with Crippen LogP contribution in [0.3, 0.4) is 0 Å². The van der Waals surface area contributed by atoms with Crippen molar-refractivity contribution < 1.29 is 28.7 Å². The highest BCUT2D eigenvalue weighted by Crippen LogP contribution is 2.37. The van der Waals surface area contributed by atoms with Crippen LogP contribution in [-0.4, -0.2) is 80.9 Å². The number of rotatable bonds is 11. The van der Waals surface area contributed by atoms with Crippen molar-refractivity contribution in [2.75, 3.05) is 65.1 Å². The molecule has 198 valence electrons. The van der Waals surface area contributed by atoms with Gasteiger partial charge in [-0.15, -0.1) is 0 Å². The van der Waals surface area contributed by atoms with Gasteiger partial charge in [0.15, 0.2) is 16.6 Å². The molecule has 12 heteroatoms. The van der Waals surface area contributed by atoms with Gasteiger partial charge in [-0.1, -0.05) is 11.3 Å². The van der Waals surface area contributed by atoms with Crippen LogP contribution in [0.1, 0.15) is 23.7 Å². The molecule has 0 bridgehead atoms. The summed E-state index contributed by atoms with van der Waals surface area (Å²) in [6.45, 7) is 6.56. The fourth-order valence-corrected chi connectivity index (χ4v) is 5.18. The van der Waals surface area contributed by atoms with Crippen LogP contribution in [0.4, 0.5) is 10.8 Å². The first-order chi connectivity index (χ1) is 17.9. The van der Waals surface area contributed by atoms with Crippen molar-refractivity contribution in [3.63, 3.8) is 0 Å². The van der Waals surface area contributed by atoms with E-state index in [-0.39, 0.29) is 22.7 Å². The smallest absolute Gasteiger partial charge is 0.286 e. The number of nitro benzene ring substituents is 1. The quantitative estimate of drug-likeness (QED) is 0.268. The number of nitro groups is 1. The summed E-state index contributed by atoms with van der Waals surface area (Å²) < 4.78 is 22.4. The number of anilines is 1. The molecule has 2 aromatic carbocycles. The third-order valence-corrected chi connectivity index (χ3v) is 7.07. The molecule has 11 nitrogen and oxygen atoms in total. The maximum absolute atomic E-state index is 13.9. The molecule has 0 unspecified atom stereocenters. The van der Waals surface area contributed by atoms with Gasteiger partial charge in [-0.05, 0) is 31.5 Å². The van der Waals surface area contributed by atoms with Crippen LogP contribution in [-0.2, 0) is 4.74 Å². The first-order valence-corrected chi connectivity index (χ1v) is 12.8. The molecule has 0 N–H and O–H groups in total. The average Bonchev–Trinajstić information content (AvgIpc) is 3.33. The monoisotopic (exact) mass is 530 g/mol. The Kier molecular flexibility index (Phi) is 8.74. The van der Waals surface area contributed by atoms with Gasteiger partial charge in [0.2, 0.25) is 0 Å². The summed E-state index contributed by atoms with van der Waals surface area (Å²) in [5.74, 6) is 0.591. The highest BCUT2D eigenvalue weighted by molar-refractivity contribution is 7.22. The summed E-state index contributed by atoms with van der Waals surface area (Å²) in [4.78, 5) is 33.7. The van der Waals surface area contributed by atoms with Crippen LogP contribution in [0.15, 0.2) is 30.3 Å². The lowest BCUT2D eigenvalue weighted by Gasteiger charge is -2.27. The Hall–Kier alpha value is -3.48. The molecule has 1 aliphatic rings. The summed E-state index contributed by atoms with van der Waals surface area (Å²) in [6.07, 6.45) is 0.660. The molecular weight excluding hydrogens is 500 g/mol. The van der Waals surface area contributed by atoms with Crippen LogP contribution in [0.2, 0.25) is 0 Å². The Morgan fingerprint density at radius 2 is 1.92 bits per heavy atom. The molecule has 0 atom stereocenters. The molecule has 1 saturated heterocycles. The summed E-state index contributed by atoms with van der Waals surface area (Å²) in [5.41, 5.74) is 0.264. The molecule has 0 saturated carbocycles.